The SMILES string of the molecule is CC(C)NC(=O)NNC(=O)Cn1nnc(-c2cc(Cl)cc(Cl)c2)n1. The monoisotopic (exact) mass is 371 g/mol. The minimum atomic E-state index is -0.515. The van der Waals surface area contributed by atoms with Gasteiger partial charge in [-0.25, -0.2) is 10.2 Å². The summed E-state index contributed by atoms with van der Waals surface area (Å²) in [6.45, 7) is 3.37. The Hall–Kier alpha value is -2.39. The van der Waals surface area contributed by atoms with E-state index in [0.29, 0.717) is 15.6 Å². The van der Waals surface area contributed by atoms with E-state index < -0.39 is 11.9 Å². The number of rotatable bonds is 4. The van der Waals surface area contributed by atoms with Crippen molar-refractivity contribution in [2.45, 2.75) is 26.4 Å². The Labute approximate surface area is 147 Å². The van der Waals surface area contributed by atoms with Crippen LogP contribution in [0.1, 0.15) is 13.8 Å². The van der Waals surface area contributed by atoms with Crippen LogP contribution in [0.2, 0.25) is 10.0 Å². The van der Waals surface area contributed by atoms with E-state index in [2.05, 4.69) is 31.6 Å². The summed E-state index contributed by atoms with van der Waals surface area (Å²) in [6.07, 6.45) is 0. The first kappa shape index (κ1) is 18.0. The van der Waals surface area contributed by atoms with Gasteiger partial charge in [-0.15, -0.1) is 10.2 Å². The summed E-state index contributed by atoms with van der Waals surface area (Å²) >= 11 is 11.8. The highest BCUT2D eigenvalue weighted by molar-refractivity contribution is 6.35. The molecule has 0 saturated heterocycles. The number of amides is 3. The Balaban J connectivity index is 1.93. The topological polar surface area (TPSA) is 114 Å². The number of carbonyl (C=O) groups is 2. The molecule has 0 aliphatic carbocycles. The molecular weight excluding hydrogens is 357 g/mol. The Morgan fingerprint density at radius 3 is 2.46 bits per heavy atom. The highest BCUT2D eigenvalue weighted by Gasteiger charge is 2.11. The Bertz CT molecular complexity index is 727. The molecule has 9 nitrogen and oxygen atoms in total. The molecule has 0 aliphatic rings. The average Bonchev–Trinajstić information content (AvgIpc) is 2.92. The third kappa shape index (κ3) is 5.36. The van der Waals surface area contributed by atoms with E-state index >= 15 is 0 Å². The van der Waals surface area contributed by atoms with Gasteiger partial charge in [-0.05, 0) is 37.3 Å². The van der Waals surface area contributed by atoms with E-state index in [-0.39, 0.29) is 18.4 Å². The second-order valence-corrected chi connectivity index (χ2v) is 5.98. The normalized spacial score (nSPS) is 10.5. The smallest absolute Gasteiger partial charge is 0.333 e. The fourth-order valence-corrected chi connectivity index (χ4v) is 2.23. The minimum absolute atomic E-state index is 0.0500. The molecule has 2 rings (SSSR count). The van der Waals surface area contributed by atoms with Crippen molar-refractivity contribution in [2.24, 2.45) is 0 Å². The standard InChI is InChI=1S/C13H15Cl2N7O2/c1-7(2)16-13(24)19-17-11(23)6-22-20-12(18-21-22)8-3-9(14)5-10(15)4-8/h3-5,7H,6H2,1-2H3,(H,17,23)(H2,16,19,24). The van der Waals surface area contributed by atoms with Crippen LogP contribution in [0.5, 0.6) is 0 Å². The molecule has 0 fully saturated rings. The molecule has 0 unspecified atom stereocenters. The van der Waals surface area contributed by atoms with Crippen molar-refractivity contribution in [3.63, 3.8) is 0 Å². The average molecular weight is 372 g/mol. The van der Waals surface area contributed by atoms with Gasteiger partial charge in [0.1, 0.15) is 6.54 Å². The summed E-state index contributed by atoms with van der Waals surface area (Å²) in [5.74, 6) is -0.236. The summed E-state index contributed by atoms with van der Waals surface area (Å²) in [6, 6.07) is 4.28. The van der Waals surface area contributed by atoms with Gasteiger partial charge in [0.25, 0.3) is 5.91 Å². The molecule has 1 aromatic carbocycles. The highest BCUT2D eigenvalue weighted by atomic mass is 35.5. The zero-order valence-corrected chi connectivity index (χ0v) is 14.4. The molecule has 0 bridgehead atoms. The second-order valence-electron chi connectivity index (χ2n) is 5.10. The van der Waals surface area contributed by atoms with Gasteiger partial charge in [-0.3, -0.25) is 10.2 Å². The zero-order chi connectivity index (χ0) is 17.7. The summed E-state index contributed by atoms with van der Waals surface area (Å²) < 4.78 is 0. The van der Waals surface area contributed by atoms with Crippen molar-refractivity contribution >= 4 is 35.1 Å². The van der Waals surface area contributed by atoms with E-state index in [4.69, 9.17) is 23.2 Å². The van der Waals surface area contributed by atoms with Crippen molar-refractivity contribution in [3.05, 3.63) is 28.2 Å². The van der Waals surface area contributed by atoms with Gasteiger partial charge in [0.15, 0.2) is 0 Å². The fourth-order valence-electron chi connectivity index (χ4n) is 1.70. The number of benzene rings is 1. The van der Waals surface area contributed by atoms with Gasteiger partial charge in [-0.1, -0.05) is 23.2 Å². The zero-order valence-electron chi connectivity index (χ0n) is 12.9. The lowest BCUT2D eigenvalue weighted by atomic mass is 10.2. The predicted molar refractivity (Wildman–Crippen MR) is 88.2 cm³/mol. The van der Waals surface area contributed by atoms with Gasteiger partial charge in [0.05, 0.1) is 0 Å². The predicted octanol–water partition coefficient (Wildman–Crippen LogP) is 1.39. The van der Waals surface area contributed by atoms with E-state index in [9.17, 15) is 9.59 Å². The molecule has 3 N–H and O–H groups in total. The van der Waals surface area contributed by atoms with Crippen LogP contribution in [0.3, 0.4) is 0 Å². The number of nitrogens with zero attached hydrogens (tertiary/aromatic N) is 4. The highest BCUT2D eigenvalue weighted by Crippen LogP contribution is 2.24. The molecular formula is C13H15Cl2N7O2. The number of tetrazole rings is 1. The largest absolute Gasteiger partial charge is 0.335 e. The molecule has 0 saturated carbocycles. The number of carbonyl (C=O) groups excluding carboxylic acids is 2. The maximum Gasteiger partial charge on any atom is 0.333 e. The van der Waals surface area contributed by atoms with E-state index in [1.165, 1.54) is 0 Å². The van der Waals surface area contributed by atoms with Gasteiger partial charge >= 0.3 is 6.03 Å². The van der Waals surface area contributed by atoms with Crippen LogP contribution in [0.15, 0.2) is 18.2 Å². The summed E-state index contributed by atoms with van der Waals surface area (Å²) in [5.41, 5.74) is 5.02. The lowest BCUT2D eigenvalue weighted by Crippen LogP contribution is -2.49. The van der Waals surface area contributed by atoms with Crippen LogP contribution in [-0.2, 0) is 11.3 Å². The molecule has 0 aliphatic heterocycles. The van der Waals surface area contributed by atoms with Gasteiger partial charge in [-0.2, -0.15) is 4.80 Å². The minimum Gasteiger partial charge on any atom is -0.335 e. The molecule has 24 heavy (non-hydrogen) atoms. The van der Waals surface area contributed by atoms with Crippen molar-refractivity contribution in [3.8, 4) is 11.4 Å². The lowest BCUT2D eigenvalue weighted by Gasteiger charge is -2.10. The summed E-state index contributed by atoms with van der Waals surface area (Å²) in [7, 11) is 0. The maximum atomic E-state index is 11.7. The number of halogens is 2. The van der Waals surface area contributed by atoms with Crippen LogP contribution < -0.4 is 16.2 Å². The first-order chi connectivity index (χ1) is 11.3. The van der Waals surface area contributed by atoms with E-state index in [1.54, 1.807) is 32.0 Å². The number of hydrogen-bond acceptors (Lipinski definition) is 5. The molecule has 1 aromatic heterocycles. The van der Waals surface area contributed by atoms with Crippen LogP contribution in [0.25, 0.3) is 11.4 Å². The van der Waals surface area contributed by atoms with Crippen molar-refractivity contribution in [2.75, 3.05) is 0 Å². The van der Waals surface area contributed by atoms with Crippen molar-refractivity contribution < 1.29 is 9.59 Å². The fraction of sp³-hybridized carbons (Fsp3) is 0.308. The van der Waals surface area contributed by atoms with E-state index in [0.717, 1.165) is 4.80 Å². The third-order valence-electron chi connectivity index (χ3n) is 2.59. The Kier molecular flexibility index (Phi) is 5.93. The van der Waals surface area contributed by atoms with Gasteiger partial charge in [0.2, 0.25) is 5.82 Å². The van der Waals surface area contributed by atoms with Crippen molar-refractivity contribution in [1.82, 2.24) is 36.4 Å². The van der Waals surface area contributed by atoms with Crippen molar-refractivity contribution in [1.29, 1.82) is 0 Å². The molecule has 1 heterocycles. The number of urea groups is 1. The third-order valence-corrected chi connectivity index (χ3v) is 3.03. The Morgan fingerprint density at radius 2 is 1.83 bits per heavy atom. The Morgan fingerprint density at radius 1 is 1.17 bits per heavy atom. The van der Waals surface area contributed by atoms with Crippen LogP contribution in [-0.4, -0.2) is 38.2 Å². The number of hydrazine groups is 1. The van der Waals surface area contributed by atoms with Gasteiger partial charge < -0.3 is 5.32 Å². The molecule has 128 valence electrons. The summed E-state index contributed by atoms with van der Waals surface area (Å²) in [4.78, 5) is 24.2. The first-order valence-corrected chi connectivity index (χ1v) is 7.68. The first-order valence-electron chi connectivity index (χ1n) is 6.93. The van der Waals surface area contributed by atoms with Crippen LogP contribution >= 0.6 is 23.2 Å². The quantitative estimate of drug-likeness (QED) is 0.702. The van der Waals surface area contributed by atoms with Crippen LogP contribution in [0, 0.1) is 0 Å². The van der Waals surface area contributed by atoms with Crippen LogP contribution in [0.4, 0.5) is 4.79 Å². The maximum absolute atomic E-state index is 11.7. The van der Waals surface area contributed by atoms with Gasteiger partial charge in [0, 0.05) is 21.7 Å². The molecule has 0 radical (unpaired) electrons. The number of hydrogen-bond donors (Lipinski definition) is 3. The second kappa shape index (κ2) is 7.93. The molecule has 3 amide bonds. The summed E-state index contributed by atoms with van der Waals surface area (Å²) in [5, 5.41) is 15.1. The lowest BCUT2D eigenvalue weighted by molar-refractivity contribution is -0.122. The molecule has 2 aromatic rings. The van der Waals surface area contributed by atoms with E-state index in [1.807, 2.05) is 0 Å². The number of nitrogens with one attached hydrogen (secondary N) is 3. The number of aromatic nitrogens is 4. The molecule has 0 spiro atoms. The molecule has 0 atom stereocenters. The molecule has 11 heteroatoms.